The Labute approximate surface area is 125 Å². The second-order valence-electron chi connectivity index (χ2n) is 4.63. The molecule has 1 fully saturated rings. The molecular weight excluding hydrogens is 296 g/mol. The third-order valence-electron chi connectivity index (χ3n) is 3.37. The standard InChI is InChI=1S/C14H13ClN2O2S/c15-9-1-2-12-10(7-9)13(18)11(8-16-12)14(19)17-3-5-20-6-4-17/h1-2,7-8H,3-6H2,(H,16,18). The molecule has 1 N–H and O–H groups in total. The van der Waals surface area contributed by atoms with Crippen LogP contribution in [-0.4, -0.2) is 40.4 Å². The number of aromatic nitrogens is 1. The van der Waals surface area contributed by atoms with E-state index in [1.807, 2.05) is 11.8 Å². The number of benzene rings is 1. The van der Waals surface area contributed by atoms with Crippen molar-refractivity contribution in [3.05, 3.63) is 45.2 Å². The first kappa shape index (κ1) is 13.5. The number of nitrogens with zero attached hydrogens (tertiary/aromatic N) is 1. The van der Waals surface area contributed by atoms with Gasteiger partial charge in [-0.2, -0.15) is 11.8 Å². The van der Waals surface area contributed by atoms with Crippen molar-refractivity contribution >= 4 is 40.2 Å². The molecule has 6 heteroatoms. The molecule has 1 aliphatic rings. The number of hydrogen-bond donors (Lipinski definition) is 1. The quantitative estimate of drug-likeness (QED) is 0.880. The number of fused-ring (bicyclic) bond motifs is 1. The summed E-state index contributed by atoms with van der Waals surface area (Å²) >= 11 is 7.74. The molecular formula is C14H13ClN2O2S. The van der Waals surface area contributed by atoms with E-state index in [1.165, 1.54) is 6.20 Å². The van der Waals surface area contributed by atoms with Gasteiger partial charge in [0.2, 0.25) is 5.43 Å². The first-order valence-corrected chi connectivity index (χ1v) is 7.88. The van der Waals surface area contributed by atoms with Crippen molar-refractivity contribution < 1.29 is 4.79 Å². The van der Waals surface area contributed by atoms with Crippen molar-refractivity contribution in [3.63, 3.8) is 0 Å². The van der Waals surface area contributed by atoms with Gasteiger partial charge in [-0.25, -0.2) is 0 Å². The summed E-state index contributed by atoms with van der Waals surface area (Å²) in [5, 5.41) is 0.941. The summed E-state index contributed by atoms with van der Waals surface area (Å²) in [5.41, 5.74) is 0.612. The van der Waals surface area contributed by atoms with E-state index in [2.05, 4.69) is 4.98 Å². The minimum atomic E-state index is -0.260. The van der Waals surface area contributed by atoms with Gasteiger partial charge < -0.3 is 9.88 Å². The lowest BCUT2D eigenvalue weighted by Crippen LogP contribution is -2.40. The number of nitrogens with one attached hydrogen (secondary N) is 1. The molecule has 0 aliphatic carbocycles. The van der Waals surface area contributed by atoms with Crippen LogP contribution < -0.4 is 5.43 Å². The predicted octanol–water partition coefficient (Wildman–Crippen LogP) is 2.37. The summed E-state index contributed by atoms with van der Waals surface area (Å²) in [6, 6.07) is 5.05. The van der Waals surface area contributed by atoms with E-state index in [-0.39, 0.29) is 16.9 Å². The van der Waals surface area contributed by atoms with E-state index in [0.29, 0.717) is 29.0 Å². The molecule has 0 atom stereocenters. The van der Waals surface area contributed by atoms with E-state index in [4.69, 9.17) is 11.6 Å². The number of thioether (sulfide) groups is 1. The average Bonchev–Trinajstić information content (AvgIpc) is 2.48. The molecule has 20 heavy (non-hydrogen) atoms. The fourth-order valence-electron chi connectivity index (χ4n) is 2.29. The van der Waals surface area contributed by atoms with Gasteiger partial charge in [-0.1, -0.05) is 11.6 Å². The number of hydrogen-bond acceptors (Lipinski definition) is 3. The van der Waals surface area contributed by atoms with Gasteiger partial charge in [0.05, 0.1) is 0 Å². The van der Waals surface area contributed by atoms with Crippen LogP contribution in [0.4, 0.5) is 0 Å². The van der Waals surface area contributed by atoms with Crippen LogP contribution in [0, 0.1) is 0 Å². The van der Waals surface area contributed by atoms with E-state index in [9.17, 15) is 9.59 Å². The van der Waals surface area contributed by atoms with Gasteiger partial charge in [0, 0.05) is 46.7 Å². The molecule has 0 radical (unpaired) electrons. The lowest BCUT2D eigenvalue weighted by Gasteiger charge is -2.26. The SMILES string of the molecule is O=C(c1c[nH]c2ccc(Cl)cc2c1=O)N1CCSCC1. The van der Waals surface area contributed by atoms with Crippen LogP contribution in [0.1, 0.15) is 10.4 Å². The summed E-state index contributed by atoms with van der Waals surface area (Å²) in [5.74, 6) is 1.64. The Bertz CT molecular complexity index is 723. The fourth-order valence-corrected chi connectivity index (χ4v) is 3.36. The van der Waals surface area contributed by atoms with Gasteiger partial charge >= 0.3 is 0 Å². The zero-order valence-corrected chi connectivity index (χ0v) is 12.3. The van der Waals surface area contributed by atoms with Crippen LogP contribution in [-0.2, 0) is 0 Å². The molecule has 2 aromatic rings. The number of aromatic amines is 1. The largest absolute Gasteiger partial charge is 0.360 e. The molecule has 0 spiro atoms. The van der Waals surface area contributed by atoms with Crippen LogP contribution in [0.3, 0.4) is 0 Å². The summed E-state index contributed by atoms with van der Waals surface area (Å²) in [6.07, 6.45) is 1.50. The van der Waals surface area contributed by atoms with E-state index in [1.54, 1.807) is 23.1 Å². The molecule has 104 valence electrons. The number of amides is 1. The number of carbonyl (C=O) groups excluding carboxylic acids is 1. The van der Waals surface area contributed by atoms with E-state index < -0.39 is 0 Å². The van der Waals surface area contributed by atoms with Gasteiger partial charge in [0.1, 0.15) is 5.56 Å². The smallest absolute Gasteiger partial charge is 0.259 e. The zero-order chi connectivity index (χ0) is 14.1. The Balaban J connectivity index is 2.05. The third-order valence-corrected chi connectivity index (χ3v) is 4.55. The predicted molar refractivity (Wildman–Crippen MR) is 82.8 cm³/mol. The second-order valence-corrected chi connectivity index (χ2v) is 6.29. The Morgan fingerprint density at radius 3 is 2.80 bits per heavy atom. The molecule has 1 aromatic carbocycles. The maximum atomic E-state index is 12.4. The molecule has 3 rings (SSSR count). The van der Waals surface area contributed by atoms with Crippen LogP contribution in [0.2, 0.25) is 5.02 Å². The van der Waals surface area contributed by atoms with Crippen LogP contribution in [0.15, 0.2) is 29.2 Å². The Morgan fingerprint density at radius 2 is 2.05 bits per heavy atom. The van der Waals surface area contributed by atoms with Crippen molar-refractivity contribution in [2.24, 2.45) is 0 Å². The Morgan fingerprint density at radius 1 is 1.30 bits per heavy atom. The molecule has 1 saturated heterocycles. The number of halogens is 1. The van der Waals surface area contributed by atoms with Crippen molar-refractivity contribution in [1.82, 2.24) is 9.88 Å². The van der Waals surface area contributed by atoms with Gasteiger partial charge in [-0.3, -0.25) is 9.59 Å². The minimum Gasteiger partial charge on any atom is -0.360 e. The second kappa shape index (κ2) is 5.50. The molecule has 1 aromatic heterocycles. The highest BCUT2D eigenvalue weighted by Gasteiger charge is 2.21. The summed E-state index contributed by atoms with van der Waals surface area (Å²) in [7, 11) is 0. The summed E-state index contributed by atoms with van der Waals surface area (Å²) in [4.78, 5) is 29.6. The van der Waals surface area contributed by atoms with Crippen molar-refractivity contribution in [2.45, 2.75) is 0 Å². The van der Waals surface area contributed by atoms with Crippen molar-refractivity contribution in [1.29, 1.82) is 0 Å². The monoisotopic (exact) mass is 308 g/mol. The van der Waals surface area contributed by atoms with Crippen LogP contribution in [0.25, 0.3) is 10.9 Å². The molecule has 4 nitrogen and oxygen atoms in total. The summed E-state index contributed by atoms with van der Waals surface area (Å²) < 4.78 is 0. The maximum Gasteiger partial charge on any atom is 0.259 e. The Kier molecular flexibility index (Phi) is 3.72. The van der Waals surface area contributed by atoms with Gasteiger partial charge in [0.25, 0.3) is 5.91 Å². The topological polar surface area (TPSA) is 53.2 Å². The Hall–Kier alpha value is -1.46. The first-order valence-electron chi connectivity index (χ1n) is 6.35. The average molecular weight is 309 g/mol. The number of carbonyl (C=O) groups is 1. The lowest BCUT2D eigenvalue weighted by molar-refractivity contribution is 0.0771. The molecule has 1 amide bonds. The molecule has 1 aliphatic heterocycles. The number of H-pyrrole nitrogens is 1. The zero-order valence-electron chi connectivity index (χ0n) is 10.7. The highest BCUT2D eigenvalue weighted by Crippen LogP contribution is 2.16. The highest BCUT2D eigenvalue weighted by atomic mass is 35.5. The van der Waals surface area contributed by atoms with Crippen molar-refractivity contribution in [2.75, 3.05) is 24.6 Å². The maximum absolute atomic E-state index is 12.4. The first-order chi connectivity index (χ1) is 9.66. The lowest BCUT2D eigenvalue weighted by atomic mass is 10.1. The summed E-state index contributed by atoms with van der Waals surface area (Å²) in [6.45, 7) is 1.38. The van der Waals surface area contributed by atoms with Crippen molar-refractivity contribution in [3.8, 4) is 0 Å². The van der Waals surface area contributed by atoms with Crippen LogP contribution in [0.5, 0.6) is 0 Å². The fraction of sp³-hybridized carbons (Fsp3) is 0.286. The van der Waals surface area contributed by atoms with Crippen LogP contribution >= 0.6 is 23.4 Å². The van der Waals surface area contributed by atoms with E-state index >= 15 is 0 Å². The molecule has 2 heterocycles. The molecule has 0 saturated carbocycles. The number of pyridine rings is 1. The molecule has 0 bridgehead atoms. The van der Waals surface area contributed by atoms with E-state index in [0.717, 1.165) is 11.5 Å². The highest BCUT2D eigenvalue weighted by molar-refractivity contribution is 7.99. The van der Waals surface area contributed by atoms with Gasteiger partial charge in [0.15, 0.2) is 0 Å². The van der Waals surface area contributed by atoms with Gasteiger partial charge in [-0.15, -0.1) is 0 Å². The minimum absolute atomic E-state index is 0.187. The normalized spacial score (nSPS) is 15.6. The number of rotatable bonds is 1. The third kappa shape index (κ3) is 2.43. The molecule has 0 unspecified atom stereocenters. The van der Waals surface area contributed by atoms with Gasteiger partial charge in [-0.05, 0) is 18.2 Å².